The summed E-state index contributed by atoms with van der Waals surface area (Å²) in [5.74, 6) is 0.0593. The molecule has 0 bridgehead atoms. The minimum Gasteiger partial charge on any atom is -0.496 e. The van der Waals surface area contributed by atoms with Gasteiger partial charge in [-0.3, -0.25) is 4.79 Å². The second-order valence-corrected chi connectivity index (χ2v) is 5.12. The third-order valence-corrected chi connectivity index (χ3v) is 3.97. The second-order valence-electron chi connectivity index (χ2n) is 5.12. The average molecular weight is 248 g/mol. The maximum absolute atomic E-state index is 11.1. The quantitative estimate of drug-likeness (QED) is 0.887. The van der Waals surface area contributed by atoms with Crippen molar-refractivity contribution in [2.24, 2.45) is 0 Å². The van der Waals surface area contributed by atoms with E-state index in [0.717, 1.165) is 29.7 Å². The first-order chi connectivity index (χ1) is 8.66. The molecule has 96 valence electrons. The Morgan fingerprint density at radius 1 is 1.44 bits per heavy atom. The number of fused-ring (bicyclic) bond motifs is 1. The molecule has 2 aliphatic rings. The van der Waals surface area contributed by atoms with Crippen molar-refractivity contribution in [2.75, 3.05) is 7.11 Å². The van der Waals surface area contributed by atoms with Crippen LogP contribution in [0, 0.1) is 0 Å². The SMILES string of the molecule is COc1ccc2c(c1C1(CC(=O)O)CC1)COC2. The van der Waals surface area contributed by atoms with Crippen LogP contribution in [-0.2, 0) is 28.2 Å². The molecule has 1 saturated carbocycles. The standard InChI is InChI=1S/C14H16O4/c1-17-11-3-2-9-7-18-8-10(9)13(11)14(4-5-14)6-12(15)16/h2-3H,4-8H2,1H3,(H,15,16). The van der Waals surface area contributed by atoms with Gasteiger partial charge in [0.05, 0.1) is 26.7 Å². The summed E-state index contributed by atoms with van der Waals surface area (Å²) in [7, 11) is 1.64. The Labute approximate surface area is 106 Å². The van der Waals surface area contributed by atoms with Crippen molar-refractivity contribution < 1.29 is 19.4 Å². The fourth-order valence-corrected chi connectivity index (χ4v) is 2.94. The highest BCUT2D eigenvalue weighted by molar-refractivity contribution is 5.71. The van der Waals surface area contributed by atoms with Gasteiger partial charge in [0.1, 0.15) is 5.75 Å². The molecule has 0 amide bonds. The third-order valence-electron chi connectivity index (χ3n) is 3.97. The highest BCUT2D eigenvalue weighted by atomic mass is 16.5. The fraction of sp³-hybridized carbons (Fsp3) is 0.500. The van der Waals surface area contributed by atoms with E-state index in [9.17, 15) is 4.79 Å². The summed E-state index contributed by atoms with van der Waals surface area (Å²) in [5.41, 5.74) is 3.16. The number of hydrogen-bond donors (Lipinski definition) is 1. The van der Waals surface area contributed by atoms with Crippen LogP contribution in [0.1, 0.15) is 36.0 Å². The van der Waals surface area contributed by atoms with Crippen LogP contribution >= 0.6 is 0 Å². The lowest BCUT2D eigenvalue weighted by Gasteiger charge is -2.20. The number of carbonyl (C=O) groups is 1. The maximum atomic E-state index is 11.1. The predicted octanol–water partition coefficient (Wildman–Crippen LogP) is 2.23. The van der Waals surface area contributed by atoms with Gasteiger partial charge in [-0.1, -0.05) is 6.07 Å². The number of carboxylic acids is 1. The molecule has 1 aliphatic carbocycles. The van der Waals surface area contributed by atoms with Crippen LogP contribution in [0.4, 0.5) is 0 Å². The van der Waals surface area contributed by atoms with Gasteiger partial charge in [0.2, 0.25) is 0 Å². The van der Waals surface area contributed by atoms with Crippen LogP contribution in [0.15, 0.2) is 12.1 Å². The molecule has 18 heavy (non-hydrogen) atoms. The number of methoxy groups -OCH3 is 1. The fourth-order valence-electron chi connectivity index (χ4n) is 2.94. The van der Waals surface area contributed by atoms with Crippen LogP contribution in [0.25, 0.3) is 0 Å². The first-order valence-electron chi connectivity index (χ1n) is 6.15. The lowest BCUT2D eigenvalue weighted by molar-refractivity contribution is -0.137. The molecule has 0 spiro atoms. The first kappa shape index (κ1) is 11.5. The molecule has 4 heteroatoms. The van der Waals surface area contributed by atoms with Crippen molar-refractivity contribution in [2.45, 2.75) is 37.9 Å². The van der Waals surface area contributed by atoms with E-state index in [4.69, 9.17) is 14.6 Å². The molecule has 1 aromatic rings. The van der Waals surface area contributed by atoms with E-state index < -0.39 is 5.97 Å². The maximum Gasteiger partial charge on any atom is 0.304 e. The normalized spacial score (nSPS) is 19.4. The molecule has 0 radical (unpaired) electrons. The van der Waals surface area contributed by atoms with Crippen LogP contribution < -0.4 is 4.74 Å². The number of aliphatic carboxylic acids is 1. The minimum atomic E-state index is -0.744. The smallest absolute Gasteiger partial charge is 0.304 e. The number of hydrogen-bond acceptors (Lipinski definition) is 3. The molecule has 1 N–H and O–H groups in total. The average Bonchev–Trinajstić information content (AvgIpc) is 2.93. The van der Waals surface area contributed by atoms with E-state index in [-0.39, 0.29) is 11.8 Å². The molecule has 0 unspecified atom stereocenters. The van der Waals surface area contributed by atoms with E-state index in [1.807, 2.05) is 12.1 Å². The van der Waals surface area contributed by atoms with Gasteiger partial charge in [-0.05, 0) is 30.0 Å². The van der Waals surface area contributed by atoms with Crippen molar-refractivity contribution >= 4 is 5.97 Å². The van der Waals surface area contributed by atoms with Crippen molar-refractivity contribution in [1.82, 2.24) is 0 Å². The Bertz CT molecular complexity index is 503. The van der Waals surface area contributed by atoms with Gasteiger partial charge in [-0.15, -0.1) is 0 Å². The van der Waals surface area contributed by atoms with Crippen molar-refractivity contribution in [3.63, 3.8) is 0 Å². The summed E-state index contributed by atoms with van der Waals surface area (Å²) in [6, 6.07) is 3.95. The van der Waals surface area contributed by atoms with Crippen LogP contribution in [-0.4, -0.2) is 18.2 Å². The van der Waals surface area contributed by atoms with E-state index in [2.05, 4.69) is 0 Å². The summed E-state index contributed by atoms with van der Waals surface area (Å²) in [6.07, 6.45) is 2.03. The first-order valence-corrected chi connectivity index (χ1v) is 6.15. The van der Waals surface area contributed by atoms with Gasteiger partial charge >= 0.3 is 5.97 Å². The molecule has 1 fully saturated rings. The zero-order valence-electron chi connectivity index (χ0n) is 10.4. The monoisotopic (exact) mass is 248 g/mol. The molecule has 0 aromatic heterocycles. The number of carboxylic acid groups (broad SMARTS) is 1. The predicted molar refractivity (Wildman–Crippen MR) is 64.7 cm³/mol. The summed E-state index contributed by atoms with van der Waals surface area (Å²) < 4.78 is 10.9. The Morgan fingerprint density at radius 2 is 2.22 bits per heavy atom. The van der Waals surface area contributed by atoms with Crippen molar-refractivity contribution in [3.05, 3.63) is 28.8 Å². The van der Waals surface area contributed by atoms with E-state index >= 15 is 0 Å². The zero-order valence-corrected chi connectivity index (χ0v) is 10.4. The second kappa shape index (κ2) is 3.99. The zero-order chi connectivity index (χ0) is 12.8. The topological polar surface area (TPSA) is 55.8 Å². The molecule has 1 aliphatic heterocycles. The third kappa shape index (κ3) is 1.68. The van der Waals surface area contributed by atoms with E-state index in [1.165, 1.54) is 5.56 Å². The Kier molecular flexibility index (Phi) is 2.55. The summed E-state index contributed by atoms with van der Waals surface area (Å²) >= 11 is 0. The van der Waals surface area contributed by atoms with E-state index in [1.54, 1.807) is 7.11 Å². The van der Waals surface area contributed by atoms with Gasteiger partial charge in [0.25, 0.3) is 0 Å². The van der Waals surface area contributed by atoms with Gasteiger partial charge in [0.15, 0.2) is 0 Å². The molecular formula is C14H16O4. The molecule has 0 atom stereocenters. The number of rotatable bonds is 4. The molecule has 3 rings (SSSR count). The summed E-state index contributed by atoms with van der Waals surface area (Å²) in [5, 5.41) is 9.09. The summed E-state index contributed by atoms with van der Waals surface area (Å²) in [6.45, 7) is 1.19. The lowest BCUT2D eigenvalue weighted by Crippen LogP contribution is -2.16. The Hall–Kier alpha value is -1.55. The molecular weight excluding hydrogens is 232 g/mol. The van der Waals surface area contributed by atoms with Crippen LogP contribution in [0.2, 0.25) is 0 Å². The van der Waals surface area contributed by atoms with Gasteiger partial charge < -0.3 is 14.6 Å². The Morgan fingerprint density at radius 3 is 2.83 bits per heavy atom. The van der Waals surface area contributed by atoms with Gasteiger partial charge in [0, 0.05) is 11.0 Å². The minimum absolute atomic E-state index is 0.180. The van der Waals surface area contributed by atoms with Gasteiger partial charge in [-0.2, -0.15) is 0 Å². The van der Waals surface area contributed by atoms with Crippen LogP contribution in [0.3, 0.4) is 0 Å². The largest absolute Gasteiger partial charge is 0.496 e. The molecule has 4 nitrogen and oxygen atoms in total. The number of benzene rings is 1. The highest BCUT2D eigenvalue weighted by Crippen LogP contribution is 2.56. The molecule has 0 saturated heterocycles. The highest BCUT2D eigenvalue weighted by Gasteiger charge is 2.49. The number of ether oxygens (including phenoxy) is 2. The van der Waals surface area contributed by atoms with Crippen molar-refractivity contribution in [1.29, 1.82) is 0 Å². The Balaban J connectivity index is 2.10. The van der Waals surface area contributed by atoms with Gasteiger partial charge in [-0.25, -0.2) is 0 Å². The lowest BCUT2D eigenvalue weighted by atomic mass is 9.86. The van der Waals surface area contributed by atoms with Crippen LogP contribution in [0.5, 0.6) is 5.75 Å². The summed E-state index contributed by atoms with van der Waals surface area (Å²) in [4.78, 5) is 11.1. The molecule has 1 heterocycles. The molecule has 1 aromatic carbocycles. The van der Waals surface area contributed by atoms with Crippen molar-refractivity contribution in [3.8, 4) is 5.75 Å². The van der Waals surface area contributed by atoms with E-state index in [0.29, 0.717) is 13.2 Å².